The van der Waals surface area contributed by atoms with Gasteiger partial charge in [0.25, 0.3) is 0 Å². The van der Waals surface area contributed by atoms with Crippen LogP contribution in [0.15, 0.2) is 199 Å². The summed E-state index contributed by atoms with van der Waals surface area (Å²) in [5.74, 6) is 7.90. The molecule has 7 aromatic carbocycles. The van der Waals surface area contributed by atoms with Gasteiger partial charge >= 0.3 is 99.8 Å². The van der Waals surface area contributed by atoms with Crippen molar-refractivity contribution in [1.82, 2.24) is 19.5 Å². The third-order valence-corrected chi connectivity index (χ3v) is 16.4. The molecule has 0 saturated heterocycles. The van der Waals surface area contributed by atoms with Gasteiger partial charge in [-0.25, -0.2) is 4.98 Å². The zero-order valence-electron chi connectivity index (χ0n) is 38.5. The standard InChI is InChI=1S/C46H34N3O.C14H16GeN.Ir/c1-46(2,3)33-28-37(30-16-7-4-8-17-30)42(38(29-33)31-18-9-5-10-19-31)49-41-25-14-13-24-40(41)47-44(49)36-23-15-22-34-35-26-27-39(32-20-11-6-12-21-32)48-45(35)50-43(34)36;1-15(2,3)13-9-10-14(16-11-13)12-7-5-4-6-8-12;/h4-22,24-29H,1-3H3;4-7,9-11H,1-3H3;/q2*-1;. The van der Waals surface area contributed by atoms with E-state index in [-0.39, 0.29) is 25.5 Å². The second kappa shape index (κ2) is 18.9. The van der Waals surface area contributed by atoms with Gasteiger partial charge in [-0.1, -0.05) is 135 Å². The molecular formula is C60H50GeIrN4O-2. The number of para-hydroxylation sites is 2. The van der Waals surface area contributed by atoms with Crippen LogP contribution in [0.25, 0.3) is 94.9 Å². The average molecular weight is 1110 g/mol. The largest absolute Gasteiger partial charge is 0 e. The normalized spacial score (nSPS) is 11.6. The summed E-state index contributed by atoms with van der Waals surface area (Å²) in [6.45, 7) is 6.83. The van der Waals surface area contributed by atoms with Crippen LogP contribution in [0.2, 0.25) is 17.3 Å². The fourth-order valence-electron chi connectivity index (χ4n) is 8.51. The Bertz CT molecular complexity index is 3400. The van der Waals surface area contributed by atoms with Crippen molar-refractivity contribution >= 4 is 50.8 Å². The molecule has 0 N–H and O–H groups in total. The van der Waals surface area contributed by atoms with E-state index in [0.717, 1.165) is 83.6 Å². The van der Waals surface area contributed by atoms with E-state index < -0.39 is 13.3 Å². The summed E-state index contributed by atoms with van der Waals surface area (Å²) < 4.78 is 10.4. The zero-order valence-corrected chi connectivity index (χ0v) is 43.0. The van der Waals surface area contributed by atoms with Crippen molar-refractivity contribution in [3.8, 4) is 61.8 Å². The van der Waals surface area contributed by atoms with Gasteiger partial charge in [-0.15, -0.1) is 18.2 Å². The smallest absolute Gasteiger partial charge is 0 e. The molecule has 5 nitrogen and oxygen atoms in total. The summed E-state index contributed by atoms with van der Waals surface area (Å²) >= 11 is -1.72. The molecule has 0 fully saturated rings. The molecule has 11 aromatic rings. The van der Waals surface area contributed by atoms with Gasteiger partial charge in [0.05, 0.1) is 33.8 Å². The van der Waals surface area contributed by atoms with Crippen LogP contribution >= 0.6 is 0 Å². The molecule has 7 heteroatoms. The first-order valence-electron chi connectivity index (χ1n) is 22.5. The number of benzene rings is 7. The second-order valence-electron chi connectivity index (χ2n) is 18.7. The molecule has 0 unspecified atom stereocenters. The fourth-order valence-corrected chi connectivity index (χ4v) is 10.7. The minimum atomic E-state index is -1.72. The molecule has 0 amide bonds. The first-order valence-corrected chi connectivity index (χ1v) is 29.9. The molecule has 0 atom stereocenters. The van der Waals surface area contributed by atoms with Crippen molar-refractivity contribution in [2.75, 3.05) is 0 Å². The van der Waals surface area contributed by atoms with Gasteiger partial charge in [0, 0.05) is 42.2 Å². The Morgan fingerprint density at radius 3 is 1.78 bits per heavy atom. The third-order valence-electron chi connectivity index (χ3n) is 12.1. The molecule has 4 aromatic heterocycles. The fraction of sp³-hybridized carbons (Fsp3) is 0.117. The first-order chi connectivity index (χ1) is 32.0. The van der Waals surface area contributed by atoms with Crippen molar-refractivity contribution in [2.45, 2.75) is 43.5 Å². The number of pyridine rings is 2. The number of aromatic nitrogens is 4. The first kappa shape index (κ1) is 45.5. The van der Waals surface area contributed by atoms with Crippen molar-refractivity contribution < 1.29 is 24.5 Å². The minimum Gasteiger partial charge on any atom is 0 e. The molecule has 0 spiro atoms. The molecular weight excluding hydrogens is 1060 g/mol. The number of nitrogens with zero attached hydrogens (tertiary/aromatic N) is 4. The maximum atomic E-state index is 6.68. The molecule has 331 valence electrons. The van der Waals surface area contributed by atoms with Crippen LogP contribution in [-0.4, -0.2) is 32.8 Å². The van der Waals surface area contributed by atoms with Gasteiger partial charge in [0.2, 0.25) is 5.71 Å². The maximum absolute atomic E-state index is 6.68. The maximum Gasteiger partial charge on any atom is 0 e. The van der Waals surface area contributed by atoms with Gasteiger partial charge in [-0.2, -0.15) is 0 Å². The SMILES string of the molecule is CC(C)(C)c1cc(-c2ccccc2)c(-n2c(-c3[c-]ccc4c3oc3nc(-c5ccccc5)ccc34)nc3ccccc32)c(-c2ccccc2)c1.[CH3][Ge]([CH3])([CH3])[c]1ccc(-c2[c-]cccc2)nc1.[Ir]. The molecule has 0 bridgehead atoms. The van der Waals surface area contributed by atoms with Crippen LogP contribution in [0, 0.1) is 12.1 Å². The van der Waals surface area contributed by atoms with E-state index >= 15 is 0 Å². The Labute approximate surface area is 409 Å². The van der Waals surface area contributed by atoms with E-state index in [1.165, 1.54) is 9.96 Å². The Morgan fingerprint density at radius 2 is 1.18 bits per heavy atom. The zero-order chi connectivity index (χ0) is 45.4. The van der Waals surface area contributed by atoms with E-state index in [9.17, 15) is 0 Å². The van der Waals surface area contributed by atoms with Gasteiger partial charge in [0.1, 0.15) is 0 Å². The van der Waals surface area contributed by atoms with Gasteiger partial charge in [0.15, 0.2) is 0 Å². The van der Waals surface area contributed by atoms with E-state index in [1.807, 2.05) is 60.8 Å². The minimum absolute atomic E-state index is 0. The van der Waals surface area contributed by atoms with Gasteiger partial charge < -0.3 is 8.98 Å². The Balaban J connectivity index is 0.000000281. The quantitative estimate of drug-likeness (QED) is 0.118. The summed E-state index contributed by atoms with van der Waals surface area (Å²) in [4.78, 5) is 14.8. The molecule has 11 rings (SSSR count). The van der Waals surface area contributed by atoms with Crippen LogP contribution in [0.3, 0.4) is 0 Å². The van der Waals surface area contributed by atoms with Crippen molar-refractivity contribution in [1.29, 1.82) is 0 Å². The predicted octanol–water partition coefficient (Wildman–Crippen LogP) is 15.2. The number of rotatable bonds is 7. The summed E-state index contributed by atoms with van der Waals surface area (Å²) in [5, 5.41) is 1.94. The number of hydrogen-bond donors (Lipinski definition) is 0. The molecule has 0 aliphatic rings. The average Bonchev–Trinajstić information content (AvgIpc) is 3.93. The van der Waals surface area contributed by atoms with E-state index in [4.69, 9.17) is 14.4 Å². The Kier molecular flexibility index (Phi) is 12.8. The van der Waals surface area contributed by atoms with E-state index in [0.29, 0.717) is 11.3 Å². The Morgan fingerprint density at radius 1 is 0.567 bits per heavy atom. The third kappa shape index (κ3) is 9.22. The summed E-state index contributed by atoms with van der Waals surface area (Å²) in [7, 11) is 0. The molecule has 4 heterocycles. The molecule has 0 aliphatic heterocycles. The van der Waals surface area contributed by atoms with Crippen LogP contribution in [0.5, 0.6) is 0 Å². The number of furan rings is 1. The monoisotopic (exact) mass is 1110 g/mol. The summed E-state index contributed by atoms with van der Waals surface area (Å²) in [5.41, 5.74) is 14.8. The van der Waals surface area contributed by atoms with Gasteiger partial charge in [-0.3, -0.25) is 4.98 Å². The van der Waals surface area contributed by atoms with Crippen LogP contribution in [0.4, 0.5) is 0 Å². The summed E-state index contributed by atoms with van der Waals surface area (Å²) in [6, 6.07) is 71.9. The summed E-state index contributed by atoms with van der Waals surface area (Å²) in [6.07, 6.45) is 2.04. The number of imidazole rings is 1. The molecule has 1 radical (unpaired) electrons. The van der Waals surface area contributed by atoms with E-state index in [2.05, 4.69) is 193 Å². The van der Waals surface area contributed by atoms with E-state index in [1.54, 1.807) is 0 Å². The van der Waals surface area contributed by atoms with Crippen LogP contribution in [0.1, 0.15) is 26.3 Å². The molecule has 0 saturated carbocycles. The Hall–Kier alpha value is -6.70. The van der Waals surface area contributed by atoms with Gasteiger partial charge in [-0.05, 0) is 58.5 Å². The predicted molar refractivity (Wildman–Crippen MR) is 277 cm³/mol. The van der Waals surface area contributed by atoms with Crippen LogP contribution in [-0.2, 0) is 25.5 Å². The molecule has 67 heavy (non-hydrogen) atoms. The van der Waals surface area contributed by atoms with Crippen molar-refractivity contribution in [3.63, 3.8) is 0 Å². The van der Waals surface area contributed by atoms with Crippen molar-refractivity contribution in [2.24, 2.45) is 0 Å². The second-order valence-corrected chi connectivity index (χ2v) is 29.4. The number of fused-ring (bicyclic) bond motifs is 4. The van der Waals surface area contributed by atoms with Crippen molar-refractivity contribution in [3.05, 3.63) is 212 Å². The van der Waals surface area contributed by atoms with Crippen LogP contribution < -0.4 is 4.40 Å². The molecule has 0 aliphatic carbocycles. The number of hydrogen-bond acceptors (Lipinski definition) is 4. The topological polar surface area (TPSA) is 56.7 Å².